The molecule has 0 aromatic rings. The molecular formula is C79H157NO5. The van der Waals surface area contributed by atoms with Gasteiger partial charge in [0.25, 0.3) is 0 Å². The second kappa shape index (κ2) is 75.3. The first-order valence-electron chi connectivity index (χ1n) is 39.8. The minimum Gasteiger partial charge on any atom is -0.466 e. The lowest BCUT2D eigenvalue weighted by Crippen LogP contribution is -2.45. The Morgan fingerprint density at radius 2 is 0.482 bits per heavy atom. The lowest BCUT2D eigenvalue weighted by atomic mass is 10.0. The van der Waals surface area contributed by atoms with E-state index in [4.69, 9.17) is 4.74 Å². The van der Waals surface area contributed by atoms with Gasteiger partial charge in [-0.1, -0.05) is 431 Å². The maximum Gasteiger partial charge on any atom is 0.305 e. The van der Waals surface area contributed by atoms with E-state index < -0.39 is 12.1 Å². The van der Waals surface area contributed by atoms with Crippen LogP contribution in [0.1, 0.15) is 470 Å². The summed E-state index contributed by atoms with van der Waals surface area (Å²) in [5.74, 6) is 0.000453. The molecule has 0 saturated carbocycles. The van der Waals surface area contributed by atoms with Crippen LogP contribution in [0.15, 0.2) is 0 Å². The highest BCUT2D eigenvalue weighted by Gasteiger charge is 2.20. The first-order chi connectivity index (χ1) is 42.0. The molecule has 0 radical (unpaired) electrons. The molecule has 6 nitrogen and oxygen atoms in total. The second-order valence-corrected chi connectivity index (χ2v) is 27.8. The van der Waals surface area contributed by atoms with E-state index in [1.165, 1.54) is 398 Å². The SMILES string of the molecule is CCCCCCCCCCCCCCCCCCCCCCCCC(O)C(CO)NC(=O)CCCCCCCCCCCCCCCCCCCCCCCCCCCCCCCCOC(=O)CCCCCCCCCCCCCCCCCC. The normalized spacial score (nSPS) is 12.4. The molecule has 0 saturated heterocycles. The number of ether oxygens (including phenoxy) is 1. The summed E-state index contributed by atoms with van der Waals surface area (Å²) in [6, 6.07) is -0.539. The number of carbonyl (C=O) groups excluding carboxylic acids is 2. The summed E-state index contributed by atoms with van der Waals surface area (Å²) in [6.45, 7) is 5.02. The zero-order valence-electron chi connectivity index (χ0n) is 58.4. The van der Waals surface area contributed by atoms with Crippen LogP contribution >= 0.6 is 0 Å². The first-order valence-corrected chi connectivity index (χ1v) is 39.8. The maximum atomic E-state index is 12.6. The van der Waals surface area contributed by atoms with Crippen molar-refractivity contribution in [3.63, 3.8) is 0 Å². The zero-order chi connectivity index (χ0) is 61.3. The Hall–Kier alpha value is -1.14. The molecule has 0 spiro atoms. The van der Waals surface area contributed by atoms with E-state index in [-0.39, 0.29) is 18.5 Å². The van der Waals surface area contributed by atoms with Crippen molar-refractivity contribution < 1.29 is 24.5 Å². The third-order valence-corrected chi connectivity index (χ3v) is 19.2. The molecule has 0 aliphatic heterocycles. The monoisotopic (exact) mass is 1200 g/mol. The Kier molecular flexibility index (Phi) is 74.3. The fourth-order valence-corrected chi connectivity index (χ4v) is 13.1. The number of carbonyl (C=O) groups is 2. The number of amides is 1. The molecule has 1 amide bonds. The van der Waals surface area contributed by atoms with Gasteiger partial charge in [0.1, 0.15) is 0 Å². The summed E-state index contributed by atoms with van der Waals surface area (Å²) in [5, 5.41) is 23.5. The predicted octanol–water partition coefficient (Wildman–Crippen LogP) is 26.1. The van der Waals surface area contributed by atoms with Crippen LogP contribution in [0.3, 0.4) is 0 Å². The largest absolute Gasteiger partial charge is 0.466 e. The van der Waals surface area contributed by atoms with Gasteiger partial charge in [0, 0.05) is 12.8 Å². The molecule has 2 unspecified atom stereocenters. The van der Waals surface area contributed by atoms with Crippen molar-refractivity contribution >= 4 is 11.9 Å². The van der Waals surface area contributed by atoms with Gasteiger partial charge < -0.3 is 20.3 Å². The van der Waals surface area contributed by atoms with E-state index in [9.17, 15) is 19.8 Å². The van der Waals surface area contributed by atoms with Crippen LogP contribution in [0, 0.1) is 0 Å². The average molecular weight is 1200 g/mol. The molecule has 3 N–H and O–H groups in total. The van der Waals surface area contributed by atoms with Gasteiger partial charge in [-0.25, -0.2) is 0 Å². The quantitative estimate of drug-likeness (QED) is 0.0417. The highest BCUT2D eigenvalue weighted by Crippen LogP contribution is 2.21. The summed E-state index contributed by atoms with van der Waals surface area (Å²) in [5.41, 5.74) is 0. The number of aliphatic hydroxyl groups is 2. The molecule has 6 heteroatoms. The van der Waals surface area contributed by atoms with Crippen LogP contribution in [-0.2, 0) is 14.3 Å². The Morgan fingerprint density at radius 1 is 0.282 bits per heavy atom. The number of hydrogen-bond donors (Lipinski definition) is 3. The number of hydrogen-bond acceptors (Lipinski definition) is 5. The molecule has 0 rings (SSSR count). The van der Waals surface area contributed by atoms with E-state index in [2.05, 4.69) is 19.2 Å². The molecule has 0 fully saturated rings. The summed E-state index contributed by atoms with van der Waals surface area (Å²) in [6.07, 6.45) is 93.4. The van der Waals surface area contributed by atoms with Crippen LogP contribution < -0.4 is 5.32 Å². The fourth-order valence-electron chi connectivity index (χ4n) is 13.1. The third-order valence-electron chi connectivity index (χ3n) is 19.2. The van der Waals surface area contributed by atoms with Crippen LogP contribution in [-0.4, -0.2) is 47.4 Å². The van der Waals surface area contributed by atoms with Crippen LogP contribution in [0.2, 0.25) is 0 Å². The van der Waals surface area contributed by atoms with E-state index in [0.717, 1.165) is 38.5 Å². The number of aliphatic hydroxyl groups excluding tert-OH is 2. The molecule has 0 aliphatic rings. The molecule has 0 aliphatic carbocycles. The first kappa shape index (κ1) is 83.9. The van der Waals surface area contributed by atoms with Crippen LogP contribution in [0.25, 0.3) is 0 Å². The molecular weight excluding hydrogens is 1040 g/mol. The van der Waals surface area contributed by atoms with E-state index in [1.54, 1.807) is 0 Å². The number of unbranched alkanes of at least 4 members (excludes halogenated alkanes) is 65. The van der Waals surface area contributed by atoms with Crippen LogP contribution in [0.5, 0.6) is 0 Å². The van der Waals surface area contributed by atoms with Crippen molar-refractivity contribution in [1.29, 1.82) is 0 Å². The average Bonchev–Trinajstić information content (AvgIpc) is 3.50. The van der Waals surface area contributed by atoms with Gasteiger partial charge in [0.15, 0.2) is 0 Å². The van der Waals surface area contributed by atoms with Crippen molar-refractivity contribution in [1.82, 2.24) is 5.32 Å². The van der Waals surface area contributed by atoms with Gasteiger partial charge >= 0.3 is 5.97 Å². The lowest BCUT2D eigenvalue weighted by Gasteiger charge is -2.22. The summed E-state index contributed by atoms with van der Waals surface area (Å²) in [7, 11) is 0. The standard InChI is InChI=1S/C79H157NO5/c1-3-5-7-9-11-13-15-17-19-21-22-23-34-37-40-43-47-51-55-59-63-67-71-77(82)76(75-81)80-78(83)72-68-64-60-56-52-48-44-41-38-35-32-30-28-26-24-25-27-29-31-33-36-39-42-46-50-54-58-62-66-70-74-85-79(84)73-69-65-61-57-53-49-45-20-18-16-14-12-10-8-6-4-2/h76-77,81-82H,3-75H2,1-2H3,(H,80,83). The topological polar surface area (TPSA) is 95.9 Å². The highest BCUT2D eigenvalue weighted by atomic mass is 16.5. The van der Waals surface area contributed by atoms with Gasteiger partial charge in [-0.3, -0.25) is 9.59 Å². The molecule has 0 aromatic heterocycles. The van der Waals surface area contributed by atoms with Crippen molar-refractivity contribution in [3.05, 3.63) is 0 Å². The molecule has 2 atom stereocenters. The van der Waals surface area contributed by atoms with Crippen molar-refractivity contribution in [2.45, 2.75) is 482 Å². The summed E-state index contributed by atoms with van der Waals surface area (Å²) >= 11 is 0. The van der Waals surface area contributed by atoms with Crippen molar-refractivity contribution in [3.8, 4) is 0 Å². The van der Waals surface area contributed by atoms with Crippen LogP contribution in [0.4, 0.5) is 0 Å². The van der Waals surface area contributed by atoms with Gasteiger partial charge in [-0.05, 0) is 25.7 Å². The highest BCUT2D eigenvalue weighted by molar-refractivity contribution is 5.76. The Bertz CT molecular complexity index is 1240. The third kappa shape index (κ3) is 71.8. The smallest absolute Gasteiger partial charge is 0.305 e. The Labute approximate surface area is 534 Å². The van der Waals surface area contributed by atoms with Crippen molar-refractivity contribution in [2.75, 3.05) is 13.2 Å². The number of nitrogens with one attached hydrogen (secondary N) is 1. The van der Waals surface area contributed by atoms with E-state index in [0.29, 0.717) is 25.9 Å². The predicted molar refractivity (Wildman–Crippen MR) is 375 cm³/mol. The molecule has 0 aromatic carbocycles. The van der Waals surface area contributed by atoms with Gasteiger partial charge in [0.05, 0.1) is 25.4 Å². The summed E-state index contributed by atoms with van der Waals surface area (Å²) < 4.78 is 5.51. The number of rotatable bonds is 76. The van der Waals surface area contributed by atoms with Crippen molar-refractivity contribution in [2.24, 2.45) is 0 Å². The Morgan fingerprint density at radius 3 is 0.718 bits per heavy atom. The Balaban J connectivity index is 3.32. The molecule has 85 heavy (non-hydrogen) atoms. The lowest BCUT2D eigenvalue weighted by molar-refractivity contribution is -0.143. The van der Waals surface area contributed by atoms with E-state index >= 15 is 0 Å². The minimum atomic E-state index is -0.662. The second-order valence-electron chi connectivity index (χ2n) is 27.8. The van der Waals surface area contributed by atoms with Gasteiger partial charge in [-0.2, -0.15) is 0 Å². The zero-order valence-corrected chi connectivity index (χ0v) is 58.4. The molecule has 508 valence electrons. The fraction of sp³-hybridized carbons (Fsp3) is 0.975. The minimum absolute atomic E-state index is 0.0248. The van der Waals surface area contributed by atoms with Gasteiger partial charge in [-0.15, -0.1) is 0 Å². The van der Waals surface area contributed by atoms with Gasteiger partial charge in [0.2, 0.25) is 5.91 Å². The summed E-state index contributed by atoms with van der Waals surface area (Å²) in [4.78, 5) is 24.7. The number of esters is 1. The molecule has 0 heterocycles. The van der Waals surface area contributed by atoms with E-state index in [1.807, 2.05) is 0 Å². The molecule has 0 bridgehead atoms. The maximum absolute atomic E-state index is 12.6.